The highest BCUT2D eigenvalue weighted by atomic mass is 32.2. The molecule has 0 heterocycles. The summed E-state index contributed by atoms with van der Waals surface area (Å²) in [6, 6.07) is 7.43. The summed E-state index contributed by atoms with van der Waals surface area (Å²) in [6.07, 6.45) is 1.68. The Balaban J connectivity index is 2.51. The van der Waals surface area contributed by atoms with Crippen LogP contribution in [0.1, 0.15) is 11.1 Å². The highest BCUT2D eigenvalue weighted by molar-refractivity contribution is 7.84. The molecule has 0 aliphatic carbocycles. The van der Waals surface area contributed by atoms with Gasteiger partial charge >= 0.3 is 0 Å². The van der Waals surface area contributed by atoms with E-state index in [4.69, 9.17) is 10.9 Å². The van der Waals surface area contributed by atoms with Crippen LogP contribution in [-0.4, -0.2) is 33.8 Å². The lowest BCUT2D eigenvalue weighted by Crippen LogP contribution is -2.20. The normalized spacial score (nSPS) is 13.6. The van der Waals surface area contributed by atoms with Gasteiger partial charge in [-0.1, -0.05) is 23.4 Å². The number of nitrogens with zero attached hydrogens (tertiary/aromatic N) is 1. The van der Waals surface area contributed by atoms with Gasteiger partial charge in [0.25, 0.3) is 0 Å². The fourth-order valence-corrected chi connectivity index (χ4v) is 1.78. The molecule has 0 amide bonds. The van der Waals surface area contributed by atoms with E-state index in [-0.39, 0.29) is 5.84 Å². The Morgan fingerprint density at radius 3 is 3.00 bits per heavy atom. The lowest BCUT2D eigenvalue weighted by atomic mass is 10.1. The summed E-state index contributed by atoms with van der Waals surface area (Å²) in [5.41, 5.74) is 7.22. The van der Waals surface area contributed by atoms with E-state index in [1.165, 1.54) is 0 Å². The van der Waals surface area contributed by atoms with Crippen molar-refractivity contribution in [3.05, 3.63) is 35.4 Å². The number of oxime groups is 1. The molecule has 1 atom stereocenters. The summed E-state index contributed by atoms with van der Waals surface area (Å²) in [5, 5.41) is 14.7. The molecule has 0 fully saturated rings. The molecule has 0 radical (unpaired) electrons. The summed E-state index contributed by atoms with van der Waals surface area (Å²) in [7, 11) is -0.771. The van der Waals surface area contributed by atoms with Crippen LogP contribution in [0.2, 0.25) is 0 Å². The average Bonchev–Trinajstić information content (AvgIpc) is 2.34. The molecule has 1 rings (SSSR count). The van der Waals surface area contributed by atoms with E-state index >= 15 is 0 Å². The van der Waals surface area contributed by atoms with Crippen molar-refractivity contribution in [2.45, 2.75) is 6.54 Å². The molecule has 1 aromatic carbocycles. The topological polar surface area (TPSA) is 87.7 Å². The number of benzene rings is 1. The van der Waals surface area contributed by atoms with Gasteiger partial charge in [0.05, 0.1) is 0 Å². The fraction of sp³-hybridized carbons (Fsp3) is 0.364. The van der Waals surface area contributed by atoms with Crippen molar-refractivity contribution in [2.75, 3.05) is 18.6 Å². The van der Waals surface area contributed by atoms with Gasteiger partial charge in [0, 0.05) is 41.5 Å². The summed E-state index contributed by atoms with van der Waals surface area (Å²) in [5.74, 6) is 0.737. The lowest BCUT2D eigenvalue weighted by molar-refractivity contribution is 0.318. The zero-order valence-electron chi connectivity index (χ0n) is 9.72. The highest BCUT2D eigenvalue weighted by Gasteiger charge is 2.00. The number of amidine groups is 1. The van der Waals surface area contributed by atoms with Gasteiger partial charge in [-0.2, -0.15) is 0 Å². The predicted molar refractivity (Wildman–Crippen MR) is 69.6 cm³/mol. The summed E-state index contributed by atoms with van der Waals surface area (Å²) < 4.78 is 10.8. The third-order valence-electron chi connectivity index (χ3n) is 2.23. The van der Waals surface area contributed by atoms with Crippen LogP contribution < -0.4 is 11.1 Å². The molecule has 0 saturated heterocycles. The molecule has 1 unspecified atom stereocenters. The van der Waals surface area contributed by atoms with E-state index in [1.807, 2.05) is 18.2 Å². The number of hydrogen-bond donors (Lipinski definition) is 3. The predicted octanol–water partition coefficient (Wildman–Crippen LogP) is 0.249. The van der Waals surface area contributed by atoms with Crippen molar-refractivity contribution in [1.82, 2.24) is 5.32 Å². The summed E-state index contributed by atoms with van der Waals surface area (Å²) >= 11 is 0. The van der Waals surface area contributed by atoms with E-state index in [0.29, 0.717) is 24.4 Å². The Hall–Kier alpha value is -1.40. The molecule has 0 saturated carbocycles. The molecule has 17 heavy (non-hydrogen) atoms. The molecule has 0 aliphatic rings. The number of hydrogen-bond acceptors (Lipinski definition) is 4. The number of rotatable bonds is 6. The largest absolute Gasteiger partial charge is 0.409 e. The SMILES string of the molecule is CS(=O)CCNCc1cccc(/C(N)=N/O)c1. The van der Waals surface area contributed by atoms with Gasteiger partial charge in [-0.25, -0.2) is 0 Å². The standard InChI is InChI=1S/C11H17N3O2S/c1-17(16)6-5-13-8-9-3-2-4-10(7-9)11(12)14-15/h2-4,7,13,15H,5-6,8H2,1H3,(H2,12,14). The Morgan fingerprint density at radius 2 is 2.35 bits per heavy atom. The van der Waals surface area contributed by atoms with Crippen LogP contribution >= 0.6 is 0 Å². The Morgan fingerprint density at radius 1 is 1.59 bits per heavy atom. The van der Waals surface area contributed by atoms with Gasteiger partial charge < -0.3 is 16.3 Å². The third kappa shape index (κ3) is 4.97. The van der Waals surface area contributed by atoms with Crippen molar-refractivity contribution in [1.29, 1.82) is 0 Å². The second-order valence-electron chi connectivity index (χ2n) is 3.64. The zero-order valence-corrected chi connectivity index (χ0v) is 10.5. The van der Waals surface area contributed by atoms with Crippen LogP contribution in [0.5, 0.6) is 0 Å². The van der Waals surface area contributed by atoms with Crippen molar-refractivity contribution in [2.24, 2.45) is 10.9 Å². The van der Waals surface area contributed by atoms with Crippen molar-refractivity contribution < 1.29 is 9.42 Å². The minimum absolute atomic E-state index is 0.0986. The highest BCUT2D eigenvalue weighted by Crippen LogP contribution is 2.04. The second-order valence-corrected chi connectivity index (χ2v) is 5.19. The second kappa shape index (κ2) is 7.03. The molecule has 0 bridgehead atoms. The minimum Gasteiger partial charge on any atom is -0.409 e. The fourth-order valence-electron chi connectivity index (χ4n) is 1.35. The van der Waals surface area contributed by atoms with Crippen LogP contribution in [-0.2, 0) is 17.3 Å². The van der Waals surface area contributed by atoms with Crippen LogP contribution in [0.15, 0.2) is 29.4 Å². The lowest BCUT2D eigenvalue weighted by Gasteiger charge is -2.05. The van der Waals surface area contributed by atoms with Crippen LogP contribution in [0, 0.1) is 0 Å². The molecule has 4 N–H and O–H groups in total. The van der Waals surface area contributed by atoms with Gasteiger partial charge in [-0.05, 0) is 11.6 Å². The van der Waals surface area contributed by atoms with Gasteiger partial charge in [0.15, 0.2) is 5.84 Å². The quantitative estimate of drug-likeness (QED) is 0.223. The Labute approximate surface area is 103 Å². The smallest absolute Gasteiger partial charge is 0.170 e. The molecule has 5 nitrogen and oxygen atoms in total. The maximum Gasteiger partial charge on any atom is 0.170 e. The molecule has 1 aromatic rings. The molecule has 0 aromatic heterocycles. The first-order valence-electron chi connectivity index (χ1n) is 5.21. The maximum absolute atomic E-state index is 10.8. The van der Waals surface area contributed by atoms with E-state index in [2.05, 4.69) is 10.5 Å². The Bertz CT molecular complexity index is 421. The first-order valence-corrected chi connectivity index (χ1v) is 6.94. The third-order valence-corrected chi connectivity index (χ3v) is 3.00. The van der Waals surface area contributed by atoms with Gasteiger partial charge in [-0.15, -0.1) is 0 Å². The van der Waals surface area contributed by atoms with E-state index in [9.17, 15) is 4.21 Å². The number of nitrogens with two attached hydrogens (primary N) is 1. The monoisotopic (exact) mass is 255 g/mol. The van der Waals surface area contributed by atoms with Gasteiger partial charge in [0.1, 0.15) is 0 Å². The minimum atomic E-state index is -0.771. The van der Waals surface area contributed by atoms with Gasteiger partial charge in [0.2, 0.25) is 0 Å². The molecular formula is C11H17N3O2S. The van der Waals surface area contributed by atoms with Gasteiger partial charge in [-0.3, -0.25) is 4.21 Å². The average molecular weight is 255 g/mol. The maximum atomic E-state index is 10.8. The van der Waals surface area contributed by atoms with Crippen LogP contribution in [0.4, 0.5) is 0 Å². The van der Waals surface area contributed by atoms with Crippen LogP contribution in [0.25, 0.3) is 0 Å². The summed E-state index contributed by atoms with van der Waals surface area (Å²) in [6.45, 7) is 1.38. The van der Waals surface area contributed by atoms with Crippen molar-refractivity contribution in [3.8, 4) is 0 Å². The summed E-state index contributed by atoms with van der Waals surface area (Å²) in [4.78, 5) is 0. The first-order chi connectivity index (χ1) is 8.13. The van der Waals surface area contributed by atoms with E-state index in [1.54, 1.807) is 12.3 Å². The number of nitrogens with one attached hydrogen (secondary N) is 1. The van der Waals surface area contributed by atoms with Crippen LogP contribution in [0.3, 0.4) is 0 Å². The molecule has 94 valence electrons. The molecule has 0 spiro atoms. The molecular weight excluding hydrogens is 238 g/mol. The Kier molecular flexibility index (Phi) is 5.65. The van der Waals surface area contributed by atoms with E-state index < -0.39 is 10.8 Å². The van der Waals surface area contributed by atoms with Crippen molar-refractivity contribution >= 4 is 16.6 Å². The van der Waals surface area contributed by atoms with Crippen molar-refractivity contribution in [3.63, 3.8) is 0 Å². The first kappa shape index (κ1) is 13.7. The zero-order chi connectivity index (χ0) is 12.7. The molecule has 0 aliphatic heterocycles. The molecule has 6 heteroatoms. The van der Waals surface area contributed by atoms with E-state index in [0.717, 1.165) is 5.56 Å².